The number of rotatable bonds is 3. The minimum atomic E-state index is -0.613. The van der Waals surface area contributed by atoms with Crippen molar-refractivity contribution >= 4 is 5.91 Å². The highest BCUT2D eigenvalue weighted by molar-refractivity contribution is 5.80. The van der Waals surface area contributed by atoms with Crippen LogP contribution in [0.5, 0.6) is 0 Å². The molecule has 0 spiro atoms. The predicted molar refractivity (Wildman–Crippen MR) is 99.9 cm³/mol. The number of hydrogen-bond acceptors (Lipinski definition) is 4. The zero-order valence-corrected chi connectivity index (χ0v) is 16.0. The first kappa shape index (κ1) is 18.4. The summed E-state index contributed by atoms with van der Waals surface area (Å²) in [5, 5.41) is 8.94. The van der Waals surface area contributed by atoms with Gasteiger partial charge in [-0.1, -0.05) is 12.8 Å². The Labute approximate surface area is 153 Å². The standard InChI is InChI=1S/C19H27N5O2/c1-13-18(14(2)22(4)20-13)16-9-10-17(25)24(21-16)15(3)19(26)23-11-7-5-6-8-12-23/h9-10,15H,5-8,11-12H2,1-4H3/t15-/m0/s1. The lowest BCUT2D eigenvalue weighted by Gasteiger charge is -2.24. The molecule has 7 nitrogen and oxygen atoms in total. The highest BCUT2D eigenvalue weighted by Crippen LogP contribution is 2.24. The minimum Gasteiger partial charge on any atom is -0.341 e. The van der Waals surface area contributed by atoms with Crippen LogP contribution < -0.4 is 5.56 Å². The van der Waals surface area contributed by atoms with Crippen molar-refractivity contribution < 1.29 is 4.79 Å². The highest BCUT2D eigenvalue weighted by atomic mass is 16.2. The molecular weight excluding hydrogens is 330 g/mol. The Bertz CT molecular complexity index is 859. The van der Waals surface area contributed by atoms with Gasteiger partial charge in [-0.2, -0.15) is 10.2 Å². The van der Waals surface area contributed by atoms with Crippen LogP contribution in [0, 0.1) is 13.8 Å². The van der Waals surface area contributed by atoms with E-state index in [-0.39, 0.29) is 11.5 Å². The van der Waals surface area contributed by atoms with Crippen molar-refractivity contribution in [3.05, 3.63) is 33.9 Å². The molecule has 0 N–H and O–H groups in total. The smallest absolute Gasteiger partial charge is 0.267 e. The van der Waals surface area contributed by atoms with Crippen LogP contribution >= 0.6 is 0 Å². The summed E-state index contributed by atoms with van der Waals surface area (Å²) in [7, 11) is 1.88. The molecular formula is C19H27N5O2. The van der Waals surface area contributed by atoms with Gasteiger partial charge in [-0.3, -0.25) is 14.3 Å². The van der Waals surface area contributed by atoms with Gasteiger partial charge in [0.05, 0.1) is 11.4 Å². The van der Waals surface area contributed by atoms with Crippen LogP contribution in [-0.2, 0) is 11.8 Å². The van der Waals surface area contributed by atoms with Crippen molar-refractivity contribution in [3.8, 4) is 11.3 Å². The van der Waals surface area contributed by atoms with E-state index >= 15 is 0 Å². The molecule has 2 aromatic heterocycles. The van der Waals surface area contributed by atoms with Gasteiger partial charge in [0.25, 0.3) is 5.56 Å². The minimum absolute atomic E-state index is 0.0294. The van der Waals surface area contributed by atoms with Crippen LogP contribution in [0.25, 0.3) is 11.3 Å². The van der Waals surface area contributed by atoms with Crippen molar-refractivity contribution in [2.75, 3.05) is 13.1 Å². The highest BCUT2D eigenvalue weighted by Gasteiger charge is 2.25. The van der Waals surface area contributed by atoms with E-state index in [1.165, 1.54) is 10.7 Å². The SMILES string of the molecule is Cc1nn(C)c(C)c1-c1ccc(=O)n([C@@H](C)C(=O)N2CCCCCC2)n1. The van der Waals surface area contributed by atoms with Crippen molar-refractivity contribution in [3.63, 3.8) is 0 Å². The molecule has 1 atom stereocenters. The summed E-state index contributed by atoms with van der Waals surface area (Å²) in [4.78, 5) is 27.2. The largest absolute Gasteiger partial charge is 0.341 e. The van der Waals surface area contributed by atoms with E-state index in [2.05, 4.69) is 10.2 Å². The molecule has 0 saturated carbocycles. The van der Waals surface area contributed by atoms with Gasteiger partial charge in [-0.15, -0.1) is 0 Å². The molecule has 0 radical (unpaired) electrons. The number of carbonyl (C=O) groups excluding carboxylic acids is 1. The second-order valence-electron chi connectivity index (χ2n) is 7.09. The van der Waals surface area contributed by atoms with Crippen molar-refractivity contribution in [1.29, 1.82) is 0 Å². The van der Waals surface area contributed by atoms with Crippen molar-refractivity contribution in [2.45, 2.75) is 52.5 Å². The second kappa shape index (κ2) is 7.43. The summed E-state index contributed by atoms with van der Waals surface area (Å²) >= 11 is 0. The molecule has 1 saturated heterocycles. The van der Waals surface area contributed by atoms with E-state index in [9.17, 15) is 9.59 Å². The van der Waals surface area contributed by atoms with Gasteiger partial charge < -0.3 is 4.90 Å². The van der Waals surface area contributed by atoms with E-state index < -0.39 is 6.04 Å². The first-order valence-corrected chi connectivity index (χ1v) is 9.29. The first-order valence-electron chi connectivity index (χ1n) is 9.29. The molecule has 0 unspecified atom stereocenters. The third-order valence-corrected chi connectivity index (χ3v) is 5.23. The maximum absolute atomic E-state index is 12.9. The predicted octanol–water partition coefficient (Wildman–Crippen LogP) is 2.22. The number of aromatic nitrogens is 4. The maximum atomic E-state index is 12.9. The Hall–Kier alpha value is -2.44. The van der Waals surface area contributed by atoms with E-state index in [4.69, 9.17) is 0 Å². The van der Waals surface area contributed by atoms with Gasteiger partial charge in [-0.25, -0.2) is 4.68 Å². The number of carbonyl (C=O) groups is 1. The van der Waals surface area contributed by atoms with Crippen LogP contribution in [0.3, 0.4) is 0 Å². The van der Waals surface area contributed by atoms with Gasteiger partial charge in [0.2, 0.25) is 5.91 Å². The van der Waals surface area contributed by atoms with Crippen LogP contribution in [0.15, 0.2) is 16.9 Å². The molecule has 26 heavy (non-hydrogen) atoms. The Morgan fingerprint density at radius 3 is 2.31 bits per heavy atom. The third-order valence-electron chi connectivity index (χ3n) is 5.23. The average Bonchev–Trinajstić information content (AvgIpc) is 2.82. The third kappa shape index (κ3) is 3.43. The lowest BCUT2D eigenvalue weighted by Crippen LogP contribution is -2.40. The van der Waals surface area contributed by atoms with E-state index in [0.717, 1.165) is 55.7 Å². The molecule has 0 bridgehead atoms. The summed E-state index contributed by atoms with van der Waals surface area (Å²) < 4.78 is 3.11. The van der Waals surface area contributed by atoms with Crippen LogP contribution in [0.2, 0.25) is 0 Å². The number of nitrogens with zero attached hydrogens (tertiary/aromatic N) is 5. The quantitative estimate of drug-likeness (QED) is 0.844. The fourth-order valence-electron chi connectivity index (χ4n) is 3.64. The molecule has 0 aliphatic carbocycles. The van der Waals surface area contributed by atoms with Crippen LogP contribution in [0.1, 0.15) is 50.0 Å². The topological polar surface area (TPSA) is 73.0 Å². The molecule has 0 aromatic carbocycles. The molecule has 2 aromatic rings. The van der Waals surface area contributed by atoms with Gasteiger partial charge in [0.1, 0.15) is 6.04 Å². The number of likely N-dealkylation sites (tertiary alicyclic amines) is 1. The Balaban J connectivity index is 1.94. The van der Waals surface area contributed by atoms with E-state index in [1.54, 1.807) is 17.7 Å². The van der Waals surface area contributed by atoms with E-state index in [1.807, 2.05) is 25.8 Å². The maximum Gasteiger partial charge on any atom is 0.267 e. The summed E-state index contributed by atoms with van der Waals surface area (Å²) in [5.41, 5.74) is 3.16. The fraction of sp³-hybridized carbons (Fsp3) is 0.579. The molecule has 1 fully saturated rings. The number of aryl methyl sites for hydroxylation is 2. The monoisotopic (exact) mass is 357 g/mol. The van der Waals surface area contributed by atoms with Gasteiger partial charge in [0, 0.05) is 37.5 Å². The van der Waals surface area contributed by atoms with Crippen molar-refractivity contribution in [1.82, 2.24) is 24.5 Å². The van der Waals surface area contributed by atoms with Gasteiger partial charge in [-0.05, 0) is 39.7 Å². The molecule has 1 aliphatic rings. The normalized spacial score (nSPS) is 16.4. The van der Waals surface area contributed by atoms with Gasteiger partial charge in [0.15, 0.2) is 0 Å². The lowest BCUT2D eigenvalue weighted by atomic mass is 10.1. The summed E-state index contributed by atoms with van der Waals surface area (Å²) in [5.74, 6) is -0.0294. The number of amides is 1. The van der Waals surface area contributed by atoms with Crippen LogP contribution in [0.4, 0.5) is 0 Å². The molecule has 3 rings (SSSR count). The van der Waals surface area contributed by atoms with Crippen molar-refractivity contribution in [2.24, 2.45) is 7.05 Å². The zero-order chi connectivity index (χ0) is 18.8. The Kier molecular flexibility index (Phi) is 5.25. The molecule has 140 valence electrons. The summed E-state index contributed by atoms with van der Waals surface area (Å²) in [6.45, 7) is 7.18. The first-order chi connectivity index (χ1) is 12.4. The molecule has 1 amide bonds. The Morgan fingerprint density at radius 2 is 1.73 bits per heavy atom. The summed E-state index contributed by atoms with van der Waals surface area (Å²) in [6.07, 6.45) is 4.36. The zero-order valence-electron chi connectivity index (χ0n) is 16.0. The molecule has 3 heterocycles. The lowest BCUT2D eigenvalue weighted by molar-refractivity contribution is -0.134. The van der Waals surface area contributed by atoms with Gasteiger partial charge >= 0.3 is 0 Å². The van der Waals surface area contributed by atoms with E-state index in [0.29, 0.717) is 5.69 Å². The number of hydrogen-bond donors (Lipinski definition) is 0. The average molecular weight is 357 g/mol. The molecule has 7 heteroatoms. The molecule has 1 aliphatic heterocycles. The fourth-order valence-corrected chi connectivity index (χ4v) is 3.64. The summed E-state index contributed by atoms with van der Waals surface area (Å²) in [6, 6.07) is 2.58. The second-order valence-corrected chi connectivity index (χ2v) is 7.09. The Morgan fingerprint density at radius 1 is 1.08 bits per heavy atom. The van der Waals surface area contributed by atoms with Crippen LogP contribution in [-0.4, -0.2) is 43.5 Å².